The molecule has 2 heterocycles. The van der Waals surface area contributed by atoms with Crippen LogP contribution in [-0.4, -0.2) is 4.98 Å². The van der Waals surface area contributed by atoms with Gasteiger partial charge in [0.25, 0.3) is 0 Å². The van der Waals surface area contributed by atoms with Crippen LogP contribution in [0.1, 0.15) is 22.3 Å². The van der Waals surface area contributed by atoms with Crippen molar-refractivity contribution in [1.29, 1.82) is 0 Å². The molecule has 1 aromatic heterocycles. The van der Waals surface area contributed by atoms with Gasteiger partial charge in [0.15, 0.2) is 5.43 Å². The molecule has 1 aliphatic rings. The van der Waals surface area contributed by atoms with E-state index >= 15 is 0 Å². The third kappa shape index (κ3) is 2.16. The molecule has 1 aliphatic heterocycles. The van der Waals surface area contributed by atoms with Crippen molar-refractivity contribution in [2.24, 2.45) is 0 Å². The van der Waals surface area contributed by atoms with E-state index < -0.39 is 0 Å². The molecule has 3 nitrogen and oxygen atoms in total. The first-order valence-corrected chi connectivity index (χ1v) is 8.54. The monoisotopic (exact) mass is 326 g/mol. The van der Waals surface area contributed by atoms with Crippen molar-refractivity contribution >= 4 is 33.2 Å². The standard InChI is InChI=1S/C22H18N2O/c1-12-3-5-18-14(7-12)9-15-10-21-17(11-20(15)23-18)22(25)16-8-13(2)4-6-19(16)24-21/h3-8,10-11,23H,9H2,1-2H3,(H,24,25). The number of pyridine rings is 1. The van der Waals surface area contributed by atoms with Gasteiger partial charge in [0.2, 0.25) is 0 Å². The van der Waals surface area contributed by atoms with Crippen LogP contribution in [0.4, 0.5) is 11.4 Å². The summed E-state index contributed by atoms with van der Waals surface area (Å²) in [6.07, 6.45) is 0.878. The van der Waals surface area contributed by atoms with Gasteiger partial charge in [0, 0.05) is 34.1 Å². The van der Waals surface area contributed by atoms with Gasteiger partial charge in [-0.2, -0.15) is 0 Å². The zero-order chi connectivity index (χ0) is 17.1. The van der Waals surface area contributed by atoms with Gasteiger partial charge in [0.05, 0.1) is 5.52 Å². The van der Waals surface area contributed by atoms with Crippen LogP contribution >= 0.6 is 0 Å². The van der Waals surface area contributed by atoms with E-state index in [4.69, 9.17) is 0 Å². The lowest BCUT2D eigenvalue weighted by Crippen LogP contribution is -2.10. The van der Waals surface area contributed by atoms with E-state index in [9.17, 15) is 4.79 Å². The number of H-pyrrole nitrogens is 1. The van der Waals surface area contributed by atoms with E-state index in [1.807, 2.05) is 31.2 Å². The highest BCUT2D eigenvalue weighted by molar-refractivity contribution is 5.95. The summed E-state index contributed by atoms with van der Waals surface area (Å²) in [7, 11) is 0. The van der Waals surface area contributed by atoms with Crippen LogP contribution in [0.5, 0.6) is 0 Å². The number of hydrogen-bond donors (Lipinski definition) is 2. The molecule has 3 aromatic carbocycles. The minimum Gasteiger partial charge on any atom is -0.355 e. The van der Waals surface area contributed by atoms with E-state index in [1.54, 1.807) is 0 Å². The molecule has 4 aromatic rings. The number of aromatic amines is 1. The van der Waals surface area contributed by atoms with Crippen LogP contribution in [0.2, 0.25) is 0 Å². The topological polar surface area (TPSA) is 44.9 Å². The molecule has 0 atom stereocenters. The van der Waals surface area contributed by atoms with E-state index in [0.29, 0.717) is 0 Å². The number of fused-ring (bicyclic) bond motifs is 4. The average Bonchev–Trinajstić information content (AvgIpc) is 2.60. The molecule has 0 amide bonds. The summed E-state index contributed by atoms with van der Waals surface area (Å²) >= 11 is 0. The Balaban J connectivity index is 1.77. The Kier molecular flexibility index (Phi) is 2.84. The number of rotatable bonds is 0. The minimum absolute atomic E-state index is 0.0896. The Morgan fingerprint density at radius 2 is 1.48 bits per heavy atom. The summed E-state index contributed by atoms with van der Waals surface area (Å²) < 4.78 is 0. The van der Waals surface area contributed by atoms with Gasteiger partial charge in [-0.1, -0.05) is 29.3 Å². The zero-order valence-corrected chi connectivity index (χ0v) is 14.2. The Morgan fingerprint density at radius 3 is 2.36 bits per heavy atom. The summed E-state index contributed by atoms with van der Waals surface area (Å²) in [5.74, 6) is 0. The quantitative estimate of drug-likeness (QED) is 0.396. The molecule has 2 N–H and O–H groups in total. The summed E-state index contributed by atoms with van der Waals surface area (Å²) in [6, 6.07) is 16.5. The first kappa shape index (κ1) is 14.3. The highest BCUT2D eigenvalue weighted by Gasteiger charge is 2.17. The number of anilines is 2. The maximum Gasteiger partial charge on any atom is 0.197 e. The molecule has 25 heavy (non-hydrogen) atoms. The van der Waals surface area contributed by atoms with Gasteiger partial charge in [-0.25, -0.2) is 0 Å². The molecule has 0 unspecified atom stereocenters. The van der Waals surface area contributed by atoms with Gasteiger partial charge in [0.1, 0.15) is 0 Å². The second-order valence-electron chi connectivity index (χ2n) is 7.02. The van der Waals surface area contributed by atoms with Crippen molar-refractivity contribution in [3.8, 4) is 0 Å². The van der Waals surface area contributed by atoms with Gasteiger partial charge in [-0.05, 0) is 55.3 Å². The highest BCUT2D eigenvalue weighted by atomic mass is 16.1. The first-order chi connectivity index (χ1) is 12.1. The Hall–Kier alpha value is -3.07. The fraction of sp³-hybridized carbons (Fsp3) is 0.136. The minimum atomic E-state index is 0.0896. The van der Waals surface area contributed by atoms with Gasteiger partial charge >= 0.3 is 0 Å². The molecule has 3 heteroatoms. The van der Waals surface area contributed by atoms with Crippen molar-refractivity contribution in [1.82, 2.24) is 4.98 Å². The van der Waals surface area contributed by atoms with Gasteiger partial charge < -0.3 is 10.3 Å². The number of aromatic nitrogens is 1. The molecule has 0 aliphatic carbocycles. The molecule has 0 fully saturated rings. The van der Waals surface area contributed by atoms with Crippen LogP contribution in [0.25, 0.3) is 21.8 Å². The lowest BCUT2D eigenvalue weighted by atomic mass is 9.94. The molecule has 122 valence electrons. The van der Waals surface area contributed by atoms with E-state index in [2.05, 4.69) is 41.5 Å². The molecular formula is C22H18N2O. The van der Waals surface area contributed by atoms with Gasteiger partial charge in [-0.3, -0.25) is 4.79 Å². The molecule has 0 spiro atoms. The van der Waals surface area contributed by atoms with Crippen molar-refractivity contribution < 1.29 is 0 Å². The predicted molar refractivity (Wildman–Crippen MR) is 104 cm³/mol. The summed E-state index contributed by atoms with van der Waals surface area (Å²) in [4.78, 5) is 16.4. The fourth-order valence-electron chi connectivity index (χ4n) is 3.78. The van der Waals surface area contributed by atoms with Crippen molar-refractivity contribution in [2.75, 3.05) is 5.32 Å². The number of benzene rings is 3. The van der Waals surface area contributed by atoms with Crippen LogP contribution in [0.3, 0.4) is 0 Å². The van der Waals surface area contributed by atoms with E-state index in [-0.39, 0.29) is 5.43 Å². The van der Waals surface area contributed by atoms with Crippen LogP contribution in [-0.2, 0) is 6.42 Å². The molecule has 0 bridgehead atoms. The Bertz CT molecular complexity index is 1230. The van der Waals surface area contributed by atoms with Gasteiger partial charge in [-0.15, -0.1) is 0 Å². The molecule has 0 saturated heterocycles. The predicted octanol–water partition coefficient (Wildman–Crippen LogP) is 4.95. The smallest absolute Gasteiger partial charge is 0.197 e. The largest absolute Gasteiger partial charge is 0.355 e. The third-order valence-electron chi connectivity index (χ3n) is 5.09. The maximum atomic E-state index is 13.0. The molecule has 0 radical (unpaired) electrons. The first-order valence-electron chi connectivity index (χ1n) is 8.54. The second kappa shape index (κ2) is 4.96. The molecule has 5 rings (SSSR count). The molecule has 0 saturated carbocycles. The second-order valence-corrected chi connectivity index (χ2v) is 7.02. The van der Waals surface area contributed by atoms with E-state index in [0.717, 1.165) is 45.2 Å². The van der Waals surface area contributed by atoms with Crippen LogP contribution < -0.4 is 10.7 Å². The third-order valence-corrected chi connectivity index (χ3v) is 5.09. The lowest BCUT2D eigenvalue weighted by molar-refractivity contribution is 1.15. The maximum absolute atomic E-state index is 13.0. The number of hydrogen-bond acceptors (Lipinski definition) is 2. The van der Waals surface area contributed by atoms with Crippen LogP contribution in [0.15, 0.2) is 53.3 Å². The van der Waals surface area contributed by atoms with Crippen molar-refractivity contribution in [2.45, 2.75) is 20.3 Å². The summed E-state index contributed by atoms with van der Waals surface area (Å²) in [5.41, 5.74) is 8.91. The highest BCUT2D eigenvalue weighted by Crippen LogP contribution is 2.35. The zero-order valence-electron chi connectivity index (χ0n) is 14.2. The number of aryl methyl sites for hydroxylation is 2. The Morgan fingerprint density at radius 1 is 0.760 bits per heavy atom. The lowest BCUT2D eigenvalue weighted by Gasteiger charge is -2.22. The summed E-state index contributed by atoms with van der Waals surface area (Å²) in [5, 5.41) is 4.98. The Labute approximate surface area is 145 Å². The average molecular weight is 326 g/mol. The summed E-state index contributed by atoms with van der Waals surface area (Å²) in [6.45, 7) is 4.12. The normalized spacial score (nSPS) is 12.7. The van der Waals surface area contributed by atoms with Crippen molar-refractivity contribution in [3.63, 3.8) is 0 Å². The fourth-order valence-corrected chi connectivity index (χ4v) is 3.78. The SMILES string of the molecule is Cc1ccc2c(c1)Cc1cc3[nH]c4ccc(C)cc4c(=O)c3cc1N2. The molecular weight excluding hydrogens is 308 g/mol. The number of nitrogens with one attached hydrogen (secondary N) is 2. The van der Waals surface area contributed by atoms with Crippen LogP contribution in [0, 0.1) is 13.8 Å². The van der Waals surface area contributed by atoms with E-state index in [1.165, 1.54) is 16.7 Å². The van der Waals surface area contributed by atoms with Crippen molar-refractivity contribution in [3.05, 3.63) is 81.0 Å².